The van der Waals surface area contributed by atoms with Crippen LogP contribution in [0.15, 0.2) is 46.9 Å². The first-order valence-corrected chi connectivity index (χ1v) is 7.11. The van der Waals surface area contributed by atoms with Crippen molar-refractivity contribution < 1.29 is 4.74 Å². The summed E-state index contributed by atoms with van der Waals surface area (Å²) in [6.45, 7) is 0. The zero-order valence-corrected chi connectivity index (χ0v) is 12.9. The van der Waals surface area contributed by atoms with E-state index in [0.717, 1.165) is 21.3 Å². The van der Waals surface area contributed by atoms with E-state index in [4.69, 9.17) is 22.1 Å². The fourth-order valence-corrected chi connectivity index (χ4v) is 2.83. The Morgan fingerprint density at radius 2 is 2.00 bits per heavy atom. The van der Waals surface area contributed by atoms with Crippen LogP contribution in [0.5, 0.6) is 5.75 Å². The molecule has 2 N–H and O–H groups in total. The second kappa shape index (κ2) is 6.42. The Balaban J connectivity index is 2.23. The molecule has 2 nitrogen and oxygen atoms in total. The summed E-state index contributed by atoms with van der Waals surface area (Å²) in [5.41, 5.74) is 8.27. The van der Waals surface area contributed by atoms with Gasteiger partial charge in [0.25, 0.3) is 0 Å². The first-order valence-electron chi connectivity index (χ1n) is 5.94. The summed E-state index contributed by atoms with van der Waals surface area (Å²) in [4.78, 5) is 0. The van der Waals surface area contributed by atoms with Gasteiger partial charge in [0.05, 0.1) is 7.11 Å². The summed E-state index contributed by atoms with van der Waals surface area (Å²) in [7, 11) is 1.66. The van der Waals surface area contributed by atoms with Crippen molar-refractivity contribution in [3.63, 3.8) is 0 Å². The molecule has 0 radical (unpaired) electrons. The van der Waals surface area contributed by atoms with Gasteiger partial charge in [-0.1, -0.05) is 51.8 Å². The predicted octanol–water partition coefficient (Wildman–Crippen LogP) is 4.35. The highest BCUT2D eigenvalue weighted by molar-refractivity contribution is 9.10. The molecular formula is C15H15BrClNO. The maximum Gasteiger partial charge on any atom is 0.122 e. The third kappa shape index (κ3) is 3.50. The van der Waals surface area contributed by atoms with E-state index in [2.05, 4.69) is 15.9 Å². The van der Waals surface area contributed by atoms with Crippen LogP contribution in [0.1, 0.15) is 17.2 Å². The van der Waals surface area contributed by atoms with Crippen molar-refractivity contribution in [1.29, 1.82) is 0 Å². The van der Waals surface area contributed by atoms with Gasteiger partial charge in [0.15, 0.2) is 0 Å². The Labute approximate surface area is 126 Å². The summed E-state index contributed by atoms with van der Waals surface area (Å²) in [5.74, 6) is 0.853. The van der Waals surface area contributed by atoms with E-state index in [0.29, 0.717) is 11.4 Å². The first-order chi connectivity index (χ1) is 9.11. The van der Waals surface area contributed by atoms with E-state index in [1.807, 2.05) is 42.5 Å². The molecule has 100 valence electrons. The summed E-state index contributed by atoms with van der Waals surface area (Å²) >= 11 is 9.61. The minimum atomic E-state index is -0.156. The van der Waals surface area contributed by atoms with Gasteiger partial charge in [0.1, 0.15) is 5.75 Å². The molecule has 2 aromatic rings. The summed E-state index contributed by atoms with van der Waals surface area (Å²) < 4.78 is 6.29. The van der Waals surface area contributed by atoms with Crippen LogP contribution in [0.2, 0.25) is 5.02 Å². The van der Waals surface area contributed by atoms with Crippen LogP contribution in [0, 0.1) is 0 Å². The van der Waals surface area contributed by atoms with Crippen molar-refractivity contribution in [2.45, 2.75) is 12.5 Å². The number of hydrogen-bond donors (Lipinski definition) is 1. The molecule has 19 heavy (non-hydrogen) atoms. The maximum absolute atomic E-state index is 6.25. The molecule has 1 unspecified atom stereocenters. The van der Waals surface area contributed by atoms with Crippen molar-refractivity contribution in [1.82, 2.24) is 0 Å². The van der Waals surface area contributed by atoms with Gasteiger partial charge in [-0.15, -0.1) is 0 Å². The molecule has 0 aliphatic heterocycles. The van der Waals surface area contributed by atoms with Gasteiger partial charge in [-0.3, -0.25) is 0 Å². The Morgan fingerprint density at radius 1 is 1.26 bits per heavy atom. The molecule has 0 saturated carbocycles. The highest BCUT2D eigenvalue weighted by atomic mass is 79.9. The average Bonchev–Trinajstić information content (AvgIpc) is 2.39. The lowest BCUT2D eigenvalue weighted by Gasteiger charge is -2.16. The van der Waals surface area contributed by atoms with E-state index in [-0.39, 0.29) is 6.04 Å². The Morgan fingerprint density at radius 3 is 2.68 bits per heavy atom. The predicted molar refractivity (Wildman–Crippen MR) is 82.8 cm³/mol. The van der Waals surface area contributed by atoms with E-state index >= 15 is 0 Å². The smallest absolute Gasteiger partial charge is 0.122 e. The molecule has 0 aromatic heterocycles. The molecule has 0 aliphatic rings. The number of methoxy groups -OCH3 is 1. The Kier molecular flexibility index (Phi) is 4.86. The van der Waals surface area contributed by atoms with Gasteiger partial charge in [-0.25, -0.2) is 0 Å². The lowest BCUT2D eigenvalue weighted by Crippen LogP contribution is -2.14. The van der Waals surface area contributed by atoms with Gasteiger partial charge in [-0.2, -0.15) is 0 Å². The number of hydrogen-bond acceptors (Lipinski definition) is 2. The third-order valence-electron chi connectivity index (χ3n) is 2.99. The zero-order chi connectivity index (χ0) is 13.8. The standard InChI is InChI=1S/C15H15BrClNO/c1-19-15-5-3-2-4-10(15)8-14(18)12-7-6-11(16)9-13(12)17/h2-7,9,14H,8,18H2,1H3. The lowest BCUT2D eigenvalue weighted by molar-refractivity contribution is 0.408. The van der Waals surface area contributed by atoms with Crippen LogP contribution in [-0.2, 0) is 6.42 Å². The van der Waals surface area contributed by atoms with Crippen LogP contribution in [0.3, 0.4) is 0 Å². The SMILES string of the molecule is COc1ccccc1CC(N)c1ccc(Br)cc1Cl. The Hall–Kier alpha value is -1.03. The van der Waals surface area contributed by atoms with Crippen LogP contribution in [0.25, 0.3) is 0 Å². The second-order valence-corrected chi connectivity index (χ2v) is 5.61. The van der Waals surface area contributed by atoms with Gasteiger partial charge in [0, 0.05) is 15.5 Å². The van der Waals surface area contributed by atoms with Gasteiger partial charge >= 0.3 is 0 Å². The maximum atomic E-state index is 6.25. The Bertz CT molecular complexity index is 574. The third-order valence-corrected chi connectivity index (χ3v) is 3.81. The molecular weight excluding hydrogens is 326 g/mol. The minimum absolute atomic E-state index is 0.156. The number of para-hydroxylation sites is 1. The fraction of sp³-hybridized carbons (Fsp3) is 0.200. The molecule has 0 bridgehead atoms. The van der Waals surface area contributed by atoms with Crippen LogP contribution < -0.4 is 10.5 Å². The largest absolute Gasteiger partial charge is 0.496 e. The highest BCUT2D eigenvalue weighted by Crippen LogP contribution is 2.29. The fourth-order valence-electron chi connectivity index (χ4n) is 2.02. The topological polar surface area (TPSA) is 35.2 Å². The molecule has 0 heterocycles. The molecule has 1 atom stereocenters. The minimum Gasteiger partial charge on any atom is -0.496 e. The van der Waals surface area contributed by atoms with Crippen LogP contribution >= 0.6 is 27.5 Å². The van der Waals surface area contributed by atoms with Crippen molar-refractivity contribution in [2.24, 2.45) is 5.73 Å². The first kappa shape index (κ1) is 14.4. The van der Waals surface area contributed by atoms with E-state index in [9.17, 15) is 0 Å². The molecule has 0 aliphatic carbocycles. The molecule has 0 amide bonds. The highest BCUT2D eigenvalue weighted by Gasteiger charge is 2.13. The van der Waals surface area contributed by atoms with E-state index < -0.39 is 0 Å². The van der Waals surface area contributed by atoms with Crippen molar-refractivity contribution >= 4 is 27.5 Å². The molecule has 4 heteroatoms. The summed E-state index contributed by atoms with van der Waals surface area (Å²) in [6.07, 6.45) is 0.686. The molecule has 2 aromatic carbocycles. The molecule has 0 fully saturated rings. The summed E-state index contributed by atoms with van der Waals surface area (Å²) in [5, 5.41) is 0.678. The van der Waals surface area contributed by atoms with Gasteiger partial charge in [0.2, 0.25) is 0 Å². The number of nitrogens with two attached hydrogens (primary N) is 1. The van der Waals surface area contributed by atoms with Crippen LogP contribution in [0.4, 0.5) is 0 Å². The number of rotatable bonds is 4. The van der Waals surface area contributed by atoms with Crippen LogP contribution in [-0.4, -0.2) is 7.11 Å². The van der Waals surface area contributed by atoms with Crippen molar-refractivity contribution in [3.8, 4) is 5.75 Å². The number of benzene rings is 2. The zero-order valence-electron chi connectivity index (χ0n) is 10.6. The second-order valence-electron chi connectivity index (χ2n) is 4.29. The summed E-state index contributed by atoms with van der Waals surface area (Å²) in [6, 6.07) is 13.5. The van der Waals surface area contributed by atoms with E-state index in [1.165, 1.54) is 0 Å². The van der Waals surface area contributed by atoms with E-state index in [1.54, 1.807) is 7.11 Å². The van der Waals surface area contributed by atoms with Gasteiger partial charge < -0.3 is 10.5 Å². The molecule has 0 spiro atoms. The van der Waals surface area contributed by atoms with Crippen molar-refractivity contribution in [3.05, 3.63) is 63.1 Å². The lowest BCUT2D eigenvalue weighted by atomic mass is 9.99. The molecule has 2 rings (SSSR count). The number of ether oxygens (including phenoxy) is 1. The normalized spacial score (nSPS) is 12.2. The number of halogens is 2. The van der Waals surface area contributed by atoms with Crippen molar-refractivity contribution in [2.75, 3.05) is 7.11 Å². The quantitative estimate of drug-likeness (QED) is 0.898. The average molecular weight is 341 g/mol. The van der Waals surface area contributed by atoms with Gasteiger partial charge in [-0.05, 0) is 35.7 Å². The molecule has 0 saturated heterocycles. The monoisotopic (exact) mass is 339 g/mol.